The number of aromatic nitrogens is 4. The smallest absolute Gasteiger partial charge is 0.295 e. The van der Waals surface area contributed by atoms with Crippen molar-refractivity contribution in [3.8, 4) is 0 Å². The molecular weight excluding hydrogens is 198 g/mol. The first-order chi connectivity index (χ1) is 7.33. The fourth-order valence-corrected chi connectivity index (χ4v) is 1.64. The number of tetrazole rings is 1. The first kappa shape index (κ1) is 10.0. The van der Waals surface area contributed by atoms with Crippen LogP contribution >= 0.6 is 0 Å². The van der Waals surface area contributed by atoms with Gasteiger partial charge in [0.1, 0.15) is 0 Å². The lowest BCUT2D eigenvalue weighted by Crippen LogP contribution is -2.48. The molecule has 0 spiro atoms. The molecule has 0 radical (unpaired) electrons. The van der Waals surface area contributed by atoms with E-state index in [1.165, 1.54) is 0 Å². The second-order valence-corrected chi connectivity index (χ2v) is 3.37. The van der Waals surface area contributed by atoms with Crippen molar-refractivity contribution in [2.45, 2.75) is 19.4 Å². The molecule has 1 fully saturated rings. The molecule has 7 heteroatoms. The number of amides is 1. The monoisotopic (exact) mass is 211 g/mol. The van der Waals surface area contributed by atoms with Gasteiger partial charge in [0.05, 0.1) is 19.3 Å². The van der Waals surface area contributed by atoms with Gasteiger partial charge in [-0.3, -0.25) is 4.79 Å². The number of H-pyrrole nitrogens is 1. The van der Waals surface area contributed by atoms with E-state index >= 15 is 0 Å². The molecule has 7 nitrogen and oxygen atoms in total. The summed E-state index contributed by atoms with van der Waals surface area (Å²) in [6, 6.07) is 0.116. The van der Waals surface area contributed by atoms with Crippen molar-refractivity contribution in [1.29, 1.82) is 0 Å². The van der Waals surface area contributed by atoms with E-state index in [0.717, 1.165) is 6.42 Å². The fourth-order valence-electron chi connectivity index (χ4n) is 1.64. The van der Waals surface area contributed by atoms with Crippen LogP contribution in [0.1, 0.15) is 24.0 Å². The predicted octanol–water partition coefficient (Wildman–Crippen LogP) is -0.549. The van der Waals surface area contributed by atoms with E-state index in [1.54, 1.807) is 4.90 Å². The molecule has 1 aromatic rings. The minimum atomic E-state index is -0.182. The molecule has 1 N–H and O–H groups in total. The maximum atomic E-state index is 11.9. The largest absolute Gasteiger partial charge is 0.377 e. The minimum absolute atomic E-state index is 0.116. The molecule has 0 aliphatic carbocycles. The molecule has 1 aromatic heterocycles. The molecule has 1 unspecified atom stereocenters. The molecule has 1 atom stereocenters. The maximum absolute atomic E-state index is 11.9. The first-order valence-electron chi connectivity index (χ1n) is 4.95. The number of ether oxygens (including phenoxy) is 1. The summed E-state index contributed by atoms with van der Waals surface area (Å²) in [6.07, 6.45) is 0.865. The normalized spacial score (nSPS) is 21.7. The van der Waals surface area contributed by atoms with Gasteiger partial charge in [0.15, 0.2) is 0 Å². The van der Waals surface area contributed by atoms with Crippen molar-refractivity contribution in [1.82, 2.24) is 25.5 Å². The Morgan fingerprint density at radius 1 is 1.73 bits per heavy atom. The van der Waals surface area contributed by atoms with Crippen LogP contribution < -0.4 is 0 Å². The van der Waals surface area contributed by atoms with Gasteiger partial charge in [0, 0.05) is 6.54 Å². The molecule has 1 amide bonds. The zero-order valence-electron chi connectivity index (χ0n) is 8.51. The Bertz CT molecular complexity index is 326. The van der Waals surface area contributed by atoms with Crippen LogP contribution in [0.5, 0.6) is 0 Å². The number of hydrogen-bond acceptors (Lipinski definition) is 5. The van der Waals surface area contributed by atoms with Crippen molar-refractivity contribution in [2.75, 3.05) is 19.8 Å². The lowest BCUT2D eigenvalue weighted by Gasteiger charge is -2.34. The third-order valence-electron chi connectivity index (χ3n) is 2.50. The summed E-state index contributed by atoms with van der Waals surface area (Å²) < 4.78 is 5.31. The van der Waals surface area contributed by atoms with Gasteiger partial charge in [0.25, 0.3) is 11.7 Å². The number of aromatic amines is 1. The molecule has 0 saturated carbocycles. The SMILES string of the molecule is CCC1COCCN1C(=O)c1nn[nH]n1. The van der Waals surface area contributed by atoms with E-state index < -0.39 is 0 Å². The van der Waals surface area contributed by atoms with Gasteiger partial charge in [-0.1, -0.05) is 6.92 Å². The highest BCUT2D eigenvalue weighted by Gasteiger charge is 2.28. The third-order valence-corrected chi connectivity index (χ3v) is 2.50. The molecule has 2 heterocycles. The number of nitrogens with one attached hydrogen (secondary N) is 1. The second kappa shape index (κ2) is 4.35. The summed E-state index contributed by atoms with van der Waals surface area (Å²) in [5.41, 5.74) is 0. The predicted molar refractivity (Wildman–Crippen MR) is 50.1 cm³/mol. The van der Waals surface area contributed by atoms with E-state index in [2.05, 4.69) is 20.6 Å². The van der Waals surface area contributed by atoms with Crippen LogP contribution in [0.25, 0.3) is 0 Å². The van der Waals surface area contributed by atoms with Crippen molar-refractivity contribution < 1.29 is 9.53 Å². The van der Waals surface area contributed by atoms with Gasteiger partial charge in [0.2, 0.25) is 0 Å². The quantitative estimate of drug-likeness (QED) is 0.709. The van der Waals surface area contributed by atoms with Crippen LogP contribution in [0.2, 0.25) is 0 Å². The van der Waals surface area contributed by atoms with E-state index in [0.29, 0.717) is 19.8 Å². The molecule has 1 saturated heterocycles. The zero-order chi connectivity index (χ0) is 10.7. The number of hydrogen-bond donors (Lipinski definition) is 1. The van der Waals surface area contributed by atoms with E-state index in [9.17, 15) is 4.79 Å². The number of carbonyl (C=O) groups excluding carboxylic acids is 1. The molecule has 0 bridgehead atoms. The fraction of sp³-hybridized carbons (Fsp3) is 0.750. The minimum Gasteiger partial charge on any atom is -0.377 e. The second-order valence-electron chi connectivity index (χ2n) is 3.37. The maximum Gasteiger partial charge on any atom is 0.295 e. The summed E-state index contributed by atoms with van der Waals surface area (Å²) in [5.74, 6) is -0.0609. The van der Waals surface area contributed by atoms with Crippen LogP contribution in [0.4, 0.5) is 0 Å². The summed E-state index contributed by atoms with van der Waals surface area (Å²) in [5, 5.41) is 13.0. The number of nitrogens with zero attached hydrogens (tertiary/aromatic N) is 4. The highest BCUT2D eigenvalue weighted by molar-refractivity contribution is 5.90. The zero-order valence-corrected chi connectivity index (χ0v) is 8.51. The molecular formula is C8H13N5O2. The van der Waals surface area contributed by atoms with E-state index in [4.69, 9.17) is 4.74 Å². The third kappa shape index (κ3) is 1.96. The highest BCUT2D eigenvalue weighted by Crippen LogP contribution is 2.12. The Morgan fingerprint density at radius 3 is 3.27 bits per heavy atom. The van der Waals surface area contributed by atoms with Crippen LogP contribution in [-0.2, 0) is 4.74 Å². The number of morpholine rings is 1. The molecule has 1 aliphatic heterocycles. The van der Waals surface area contributed by atoms with Crippen LogP contribution in [-0.4, -0.2) is 57.2 Å². The average molecular weight is 211 g/mol. The van der Waals surface area contributed by atoms with Gasteiger partial charge in [-0.25, -0.2) is 0 Å². The van der Waals surface area contributed by atoms with Crippen molar-refractivity contribution in [3.63, 3.8) is 0 Å². The number of carbonyl (C=O) groups is 1. The molecule has 82 valence electrons. The first-order valence-corrected chi connectivity index (χ1v) is 4.95. The number of rotatable bonds is 2. The van der Waals surface area contributed by atoms with Crippen molar-refractivity contribution in [3.05, 3.63) is 5.82 Å². The van der Waals surface area contributed by atoms with Gasteiger partial charge in [-0.15, -0.1) is 10.2 Å². The van der Waals surface area contributed by atoms with Crippen molar-refractivity contribution >= 4 is 5.91 Å². The summed E-state index contributed by atoms with van der Waals surface area (Å²) in [6.45, 7) is 3.77. The van der Waals surface area contributed by atoms with Gasteiger partial charge in [-0.05, 0) is 11.6 Å². The lowest BCUT2D eigenvalue weighted by atomic mass is 10.2. The standard InChI is InChI=1S/C8H13N5O2/c1-2-6-5-15-4-3-13(6)8(14)7-9-11-12-10-7/h6H,2-5H2,1H3,(H,9,10,11,12). The molecule has 15 heavy (non-hydrogen) atoms. The lowest BCUT2D eigenvalue weighted by molar-refractivity contribution is -0.00343. The molecule has 0 aromatic carbocycles. The van der Waals surface area contributed by atoms with Crippen LogP contribution in [0.3, 0.4) is 0 Å². The summed E-state index contributed by atoms with van der Waals surface area (Å²) >= 11 is 0. The summed E-state index contributed by atoms with van der Waals surface area (Å²) in [7, 11) is 0. The van der Waals surface area contributed by atoms with Gasteiger partial charge in [-0.2, -0.15) is 5.21 Å². The Hall–Kier alpha value is -1.50. The molecule has 1 aliphatic rings. The Labute approximate surface area is 86.8 Å². The Kier molecular flexibility index (Phi) is 2.91. The van der Waals surface area contributed by atoms with E-state index in [-0.39, 0.29) is 17.8 Å². The highest BCUT2D eigenvalue weighted by atomic mass is 16.5. The average Bonchev–Trinajstić information content (AvgIpc) is 2.81. The van der Waals surface area contributed by atoms with Crippen LogP contribution in [0.15, 0.2) is 0 Å². The Morgan fingerprint density at radius 2 is 2.60 bits per heavy atom. The Balaban J connectivity index is 2.11. The van der Waals surface area contributed by atoms with Gasteiger partial charge >= 0.3 is 0 Å². The van der Waals surface area contributed by atoms with Crippen molar-refractivity contribution in [2.24, 2.45) is 0 Å². The van der Waals surface area contributed by atoms with Gasteiger partial charge < -0.3 is 9.64 Å². The topological polar surface area (TPSA) is 84.0 Å². The molecule has 2 rings (SSSR count). The van der Waals surface area contributed by atoms with E-state index in [1.807, 2.05) is 6.92 Å². The van der Waals surface area contributed by atoms with Crippen LogP contribution in [0, 0.1) is 0 Å². The summed E-state index contributed by atoms with van der Waals surface area (Å²) in [4.78, 5) is 13.7.